The molecule has 8 rings (SSSR count). The summed E-state index contributed by atoms with van der Waals surface area (Å²) in [7, 11) is 0. The van der Waals surface area contributed by atoms with Crippen LogP contribution in [0.25, 0.3) is 5.57 Å². The van der Waals surface area contributed by atoms with E-state index in [1.165, 1.54) is 12.1 Å². The number of anilines is 1. The molecule has 4 aromatic rings. The molecule has 0 spiro atoms. The number of aromatic hydroxyl groups is 2. The molecule has 9 heteroatoms. The van der Waals surface area contributed by atoms with Crippen molar-refractivity contribution in [3.8, 4) is 11.5 Å². The van der Waals surface area contributed by atoms with Crippen molar-refractivity contribution < 1.29 is 39.3 Å². The molecule has 2 fully saturated rings. The molecule has 0 bridgehead atoms. The zero-order valence-corrected chi connectivity index (χ0v) is 28.5. The van der Waals surface area contributed by atoms with Gasteiger partial charge in [-0.3, -0.25) is 19.2 Å². The number of ketones is 2. The largest absolute Gasteiger partial charge is 0.507 e. The first-order valence-electron chi connectivity index (χ1n) is 17.6. The molecule has 0 radical (unpaired) electrons. The summed E-state index contributed by atoms with van der Waals surface area (Å²) in [4.78, 5) is 71.6. The fourth-order valence-corrected chi connectivity index (χ4v) is 9.48. The van der Waals surface area contributed by atoms with Gasteiger partial charge < -0.3 is 15.3 Å². The van der Waals surface area contributed by atoms with Crippen LogP contribution in [0.1, 0.15) is 51.4 Å². The number of phenolic OH excluding ortho intramolecular Hbond substituents is 1. The monoisotopic (exact) mass is 705 g/mol. The molecule has 53 heavy (non-hydrogen) atoms. The predicted octanol–water partition coefficient (Wildman–Crippen LogP) is 6.55. The molecular formula is C44H35NO8. The van der Waals surface area contributed by atoms with Gasteiger partial charge in [-0.2, -0.15) is 0 Å². The zero-order valence-electron chi connectivity index (χ0n) is 28.5. The number of para-hydroxylation sites is 1. The quantitative estimate of drug-likeness (QED) is 0.145. The Labute approximate surface area is 305 Å². The van der Waals surface area contributed by atoms with Crippen LogP contribution < -0.4 is 4.90 Å². The second kappa shape index (κ2) is 12.7. The minimum atomic E-state index is -1.50. The van der Waals surface area contributed by atoms with Gasteiger partial charge in [0.1, 0.15) is 17.1 Å². The Bertz CT molecular complexity index is 2310. The SMILES string of the molecule is C=CCc1cccc(C2C3=CCC4C(=O)N(c5ccc(C(=O)O)c(O)c5)C(=O)C4C3CC3C(=O)C(c4ccccc4)=CC(=O)C32c2ccccc2)c1O. The van der Waals surface area contributed by atoms with Crippen molar-refractivity contribution in [1.82, 2.24) is 0 Å². The Morgan fingerprint density at radius 1 is 0.868 bits per heavy atom. The first-order valence-corrected chi connectivity index (χ1v) is 17.6. The number of Topliss-reactive ketones (excluding diaryl/α,β-unsaturated/α-hetero) is 1. The standard InChI is InChI=1S/C44H35NO8/c1-2-10-25-13-9-16-31(39(25)48)38-28-19-20-30-37(42(51)45(41(30)50)27-17-18-29(43(52)53)35(46)21-27)33(28)22-34-40(49)32(24-11-5-3-6-12-24)23-36(47)44(34,38)26-14-7-4-8-15-26/h2-9,11-19,21,23,30,33-34,37-38,46,48H,1,10,20,22H2,(H,52,53). The molecule has 3 aliphatic carbocycles. The molecule has 6 atom stereocenters. The molecular weight excluding hydrogens is 670 g/mol. The van der Waals surface area contributed by atoms with Gasteiger partial charge in [-0.25, -0.2) is 9.69 Å². The van der Waals surface area contributed by atoms with Crippen LogP contribution in [0.3, 0.4) is 0 Å². The van der Waals surface area contributed by atoms with Gasteiger partial charge in [-0.1, -0.05) is 96.6 Å². The topological polar surface area (TPSA) is 149 Å². The molecule has 6 unspecified atom stereocenters. The normalized spacial score (nSPS) is 26.3. The van der Waals surface area contributed by atoms with E-state index in [0.29, 0.717) is 34.2 Å². The van der Waals surface area contributed by atoms with Crippen LogP contribution in [-0.2, 0) is 31.0 Å². The van der Waals surface area contributed by atoms with E-state index in [1.807, 2.05) is 42.5 Å². The van der Waals surface area contributed by atoms with E-state index in [0.717, 1.165) is 17.0 Å². The van der Waals surface area contributed by atoms with Crippen LogP contribution in [0.4, 0.5) is 5.69 Å². The van der Waals surface area contributed by atoms with Crippen LogP contribution in [-0.4, -0.2) is 44.7 Å². The zero-order chi connectivity index (χ0) is 37.2. The number of aromatic carboxylic acids is 1. The highest BCUT2D eigenvalue weighted by Crippen LogP contribution is 2.64. The van der Waals surface area contributed by atoms with E-state index < -0.39 is 58.5 Å². The summed E-state index contributed by atoms with van der Waals surface area (Å²) in [5.41, 5.74) is 1.35. The second-order valence-electron chi connectivity index (χ2n) is 14.2. The van der Waals surface area contributed by atoms with Crippen molar-refractivity contribution in [3.63, 3.8) is 0 Å². The van der Waals surface area contributed by atoms with Gasteiger partial charge >= 0.3 is 5.97 Å². The molecule has 4 aromatic carbocycles. The van der Waals surface area contributed by atoms with Crippen molar-refractivity contribution in [2.45, 2.75) is 30.6 Å². The highest BCUT2D eigenvalue weighted by Gasteiger charge is 2.66. The summed E-state index contributed by atoms with van der Waals surface area (Å²) in [6.07, 6.45) is 5.60. The number of amides is 2. The molecule has 9 nitrogen and oxygen atoms in total. The first kappa shape index (κ1) is 33.8. The highest BCUT2D eigenvalue weighted by atomic mass is 16.4. The van der Waals surface area contributed by atoms with Gasteiger partial charge in [0.05, 0.1) is 22.9 Å². The third-order valence-corrected chi connectivity index (χ3v) is 11.7. The van der Waals surface area contributed by atoms with Gasteiger partial charge in [0, 0.05) is 29.0 Å². The number of benzene rings is 4. The number of allylic oxidation sites excluding steroid dienone is 5. The molecule has 2 amide bonds. The second-order valence-corrected chi connectivity index (χ2v) is 14.2. The Kier molecular flexibility index (Phi) is 8.09. The minimum absolute atomic E-state index is 0.0299. The predicted molar refractivity (Wildman–Crippen MR) is 196 cm³/mol. The number of hydrogen-bond donors (Lipinski definition) is 3. The summed E-state index contributed by atoms with van der Waals surface area (Å²) in [6.45, 7) is 3.85. The lowest BCUT2D eigenvalue weighted by atomic mass is 9.44. The molecule has 1 saturated heterocycles. The number of fused-ring (bicyclic) bond motifs is 4. The van der Waals surface area contributed by atoms with E-state index in [-0.39, 0.29) is 47.0 Å². The maximum absolute atomic E-state index is 15.2. The number of carbonyl (C=O) groups excluding carboxylic acids is 4. The van der Waals surface area contributed by atoms with Crippen LogP contribution in [0, 0.1) is 23.7 Å². The molecule has 3 N–H and O–H groups in total. The number of carboxylic acid groups (broad SMARTS) is 1. The number of carboxylic acids is 1. The smallest absolute Gasteiger partial charge is 0.339 e. The number of phenols is 2. The number of imide groups is 1. The lowest BCUT2D eigenvalue weighted by molar-refractivity contribution is -0.135. The number of nitrogens with zero attached hydrogens (tertiary/aromatic N) is 1. The number of rotatable bonds is 7. The Morgan fingerprint density at radius 3 is 2.26 bits per heavy atom. The molecule has 0 aromatic heterocycles. The maximum Gasteiger partial charge on any atom is 0.339 e. The van der Waals surface area contributed by atoms with Crippen molar-refractivity contribution >= 4 is 40.6 Å². The van der Waals surface area contributed by atoms with Crippen LogP contribution in [0.5, 0.6) is 11.5 Å². The van der Waals surface area contributed by atoms with E-state index in [4.69, 9.17) is 0 Å². The molecule has 1 aliphatic heterocycles. The van der Waals surface area contributed by atoms with E-state index >= 15 is 9.59 Å². The fourth-order valence-electron chi connectivity index (χ4n) is 9.48. The first-order chi connectivity index (χ1) is 25.6. The summed E-state index contributed by atoms with van der Waals surface area (Å²) in [6, 6.07) is 27.0. The van der Waals surface area contributed by atoms with Crippen molar-refractivity contribution in [2.75, 3.05) is 4.90 Å². The summed E-state index contributed by atoms with van der Waals surface area (Å²) in [5.74, 6) is -7.86. The Morgan fingerprint density at radius 2 is 1.58 bits per heavy atom. The third kappa shape index (κ3) is 4.94. The van der Waals surface area contributed by atoms with Gasteiger partial charge in [-0.05, 0) is 60.1 Å². The van der Waals surface area contributed by atoms with E-state index in [2.05, 4.69) is 6.58 Å². The molecule has 4 aliphatic rings. The van der Waals surface area contributed by atoms with E-state index in [9.17, 15) is 29.7 Å². The average molecular weight is 706 g/mol. The Hall–Kier alpha value is -6.35. The van der Waals surface area contributed by atoms with Gasteiger partial charge in [0.25, 0.3) is 0 Å². The van der Waals surface area contributed by atoms with Crippen molar-refractivity contribution in [3.05, 3.63) is 155 Å². The van der Waals surface area contributed by atoms with E-state index in [1.54, 1.807) is 48.5 Å². The van der Waals surface area contributed by atoms with Crippen LogP contribution in [0.15, 0.2) is 127 Å². The van der Waals surface area contributed by atoms with Crippen LogP contribution >= 0.6 is 0 Å². The molecule has 1 heterocycles. The fraction of sp³-hybridized carbons (Fsp3) is 0.205. The van der Waals surface area contributed by atoms with Crippen molar-refractivity contribution in [2.24, 2.45) is 23.7 Å². The third-order valence-electron chi connectivity index (χ3n) is 11.7. The van der Waals surface area contributed by atoms with Gasteiger partial charge in [0.15, 0.2) is 11.6 Å². The number of carbonyl (C=O) groups is 5. The lowest BCUT2D eigenvalue weighted by Gasteiger charge is -2.55. The van der Waals surface area contributed by atoms with Crippen molar-refractivity contribution in [1.29, 1.82) is 0 Å². The average Bonchev–Trinajstić information content (AvgIpc) is 3.42. The summed E-state index contributed by atoms with van der Waals surface area (Å²) in [5, 5.41) is 31.9. The minimum Gasteiger partial charge on any atom is -0.507 e. The summed E-state index contributed by atoms with van der Waals surface area (Å²) < 4.78 is 0. The highest BCUT2D eigenvalue weighted by molar-refractivity contribution is 6.32. The Balaban J connectivity index is 1.35. The molecule has 264 valence electrons. The van der Waals surface area contributed by atoms with Gasteiger partial charge in [0.2, 0.25) is 11.8 Å². The van der Waals surface area contributed by atoms with Crippen LogP contribution in [0.2, 0.25) is 0 Å². The van der Waals surface area contributed by atoms with Gasteiger partial charge in [-0.15, -0.1) is 6.58 Å². The summed E-state index contributed by atoms with van der Waals surface area (Å²) >= 11 is 0. The maximum atomic E-state index is 15.2. The lowest BCUT2D eigenvalue weighted by Crippen LogP contribution is -2.58. The number of hydrogen-bond acceptors (Lipinski definition) is 7. The molecule has 1 saturated carbocycles.